The number of benzene rings is 1. The normalized spacial score (nSPS) is 13.3. The molecule has 0 saturated heterocycles. The molecule has 0 aliphatic rings. The third-order valence-electron chi connectivity index (χ3n) is 5.01. The molecule has 3 atom stereocenters. The van der Waals surface area contributed by atoms with Gasteiger partial charge in [0.05, 0.1) is 7.11 Å². The summed E-state index contributed by atoms with van der Waals surface area (Å²) in [6.07, 6.45) is -0.696. The highest BCUT2D eigenvalue weighted by Crippen LogP contribution is 2.18. The minimum absolute atomic E-state index is 0.0996. The Morgan fingerprint density at radius 3 is 2.03 bits per heavy atom. The number of amides is 3. The first-order valence-corrected chi connectivity index (χ1v) is 10.8. The fourth-order valence-electron chi connectivity index (χ4n) is 3.08. The predicted molar refractivity (Wildman–Crippen MR) is 123 cm³/mol. The lowest BCUT2D eigenvalue weighted by Gasteiger charge is -2.25. The summed E-state index contributed by atoms with van der Waals surface area (Å²) >= 11 is 0. The van der Waals surface area contributed by atoms with Crippen molar-refractivity contribution in [3.63, 3.8) is 0 Å². The number of aromatic hydroxyl groups is 2. The molecule has 35 heavy (non-hydrogen) atoms. The van der Waals surface area contributed by atoms with Gasteiger partial charge in [-0.05, 0) is 18.4 Å². The molecule has 0 bridgehead atoms. The van der Waals surface area contributed by atoms with Crippen LogP contribution in [0.15, 0.2) is 42.5 Å². The van der Waals surface area contributed by atoms with E-state index in [-0.39, 0.29) is 12.3 Å². The molecule has 0 fully saturated rings. The predicted octanol–water partition coefficient (Wildman–Crippen LogP) is 0.467. The van der Waals surface area contributed by atoms with E-state index in [9.17, 15) is 29.4 Å². The van der Waals surface area contributed by atoms with Crippen molar-refractivity contribution in [3.8, 4) is 11.8 Å². The van der Waals surface area contributed by atoms with Crippen molar-refractivity contribution in [2.45, 2.75) is 45.3 Å². The summed E-state index contributed by atoms with van der Waals surface area (Å²) in [6, 6.07) is 7.85. The first kappa shape index (κ1) is 27.0. The number of methoxy groups -OCH3 is 1. The third kappa shape index (κ3) is 7.66. The molecule has 2 aromatic rings. The molecule has 12 nitrogen and oxygen atoms in total. The molecular formula is C23H30N4O8. The van der Waals surface area contributed by atoms with Gasteiger partial charge in [-0.3, -0.25) is 9.59 Å². The minimum atomic E-state index is -1.20. The Morgan fingerprint density at radius 2 is 1.49 bits per heavy atom. The number of aromatic nitrogens is 1. The van der Waals surface area contributed by atoms with Gasteiger partial charge in [0.25, 0.3) is 0 Å². The second kappa shape index (κ2) is 12.3. The molecule has 5 N–H and O–H groups in total. The number of alkyl carbamates (subject to hydrolysis) is 1. The van der Waals surface area contributed by atoms with Crippen LogP contribution in [0.4, 0.5) is 4.79 Å². The van der Waals surface area contributed by atoms with Crippen molar-refractivity contribution < 1.29 is 39.0 Å². The van der Waals surface area contributed by atoms with E-state index in [0.29, 0.717) is 4.73 Å². The maximum Gasteiger partial charge on any atom is 0.407 e. The second-order valence-corrected chi connectivity index (χ2v) is 8.09. The van der Waals surface area contributed by atoms with E-state index >= 15 is 0 Å². The monoisotopic (exact) mass is 490 g/mol. The molecule has 1 aromatic heterocycles. The third-order valence-corrected chi connectivity index (χ3v) is 5.01. The lowest BCUT2D eigenvalue weighted by molar-refractivity contribution is -0.149. The zero-order chi connectivity index (χ0) is 26.1. The zero-order valence-corrected chi connectivity index (χ0v) is 19.8. The summed E-state index contributed by atoms with van der Waals surface area (Å²) in [4.78, 5) is 54.9. The van der Waals surface area contributed by atoms with Crippen molar-refractivity contribution in [1.82, 2.24) is 20.7 Å². The molecule has 0 aliphatic heterocycles. The quantitative estimate of drug-likeness (QED) is 0.320. The number of carbonyl (C=O) groups is 4. The molecule has 0 saturated carbocycles. The van der Waals surface area contributed by atoms with Crippen molar-refractivity contribution >= 4 is 23.9 Å². The second-order valence-electron chi connectivity index (χ2n) is 8.09. The van der Waals surface area contributed by atoms with E-state index in [1.807, 2.05) is 0 Å². The van der Waals surface area contributed by atoms with E-state index in [1.165, 1.54) is 14.0 Å². The lowest BCUT2D eigenvalue weighted by atomic mass is 10.0. The largest absolute Gasteiger partial charge is 0.492 e. The number of nitrogens with zero attached hydrogens (tertiary/aromatic N) is 1. The van der Waals surface area contributed by atoms with E-state index < -0.39 is 53.8 Å². The number of carbonyl (C=O) groups excluding carboxylic acids is 4. The molecule has 0 radical (unpaired) electrons. The zero-order valence-electron chi connectivity index (χ0n) is 19.8. The van der Waals surface area contributed by atoms with Crippen LogP contribution in [0.2, 0.25) is 0 Å². The van der Waals surface area contributed by atoms with E-state index in [1.54, 1.807) is 44.2 Å². The van der Waals surface area contributed by atoms with E-state index in [4.69, 9.17) is 4.84 Å². The summed E-state index contributed by atoms with van der Waals surface area (Å²) in [7, 11) is 1.17. The van der Waals surface area contributed by atoms with Gasteiger partial charge in [-0.2, -0.15) is 0 Å². The van der Waals surface area contributed by atoms with Crippen LogP contribution in [-0.2, 0) is 25.5 Å². The summed E-state index contributed by atoms with van der Waals surface area (Å²) in [5, 5.41) is 26.8. The molecule has 3 unspecified atom stereocenters. The molecule has 190 valence electrons. The Bertz CT molecular complexity index is 1020. The van der Waals surface area contributed by atoms with Gasteiger partial charge in [0.15, 0.2) is 0 Å². The highest BCUT2D eigenvalue weighted by molar-refractivity contribution is 5.93. The molecule has 2 rings (SSSR count). The van der Waals surface area contributed by atoms with E-state index in [2.05, 4.69) is 20.7 Å². The van der Waals surface area contributed by atoms with Crippen LogP contribution in [0.5, 0.6) is 11.8 Å². The number of rotatable bonds is 10. The highest BCUT2D eigenvalue weighted by Gasteiger charge is 2.31. The van der Waals surface area contributed by atoms with Gasteiger partial charge in [0.1, 0.15) is 18.1 Å². The maximum atomic E-state index is 13.1. The van der Waals surface area contributed by atoms with Crippen LogP contribution in [0.25, 0.3) is 0 Å². The van der Waals surface area contributed by atoms with Gasteiger partial charge >= 0.3 is 12.1 Å². The van der Waals surface area contributed by atoms with Gasteiger partial charge < -0.3 is 35.7 Å². The average molecular weight is 491 g/mol. The van der Waals surface area contributed by atoms with Gasteiger partial charge in [-0.15, -0.1) is 4.73 Å². The summed E-state index contributed by atoms with van der Waals surface area (Å²) in [6.45, 7) is 4.78. The van der Waals surface area contributed by atoms with Crippen molar-refractivity contribution in [2.75, 3.05) is 7.11 Å². The molecule has 0 spiro atoms. The summed E-state index contributed by atoms with van der Waals surface area (Å²) in [5.41, 5.74) is 0.743. The van der Waals surface area contributed by atoms with Crippen molar-refractivity contribution in [1.29, 1.82) is 0 Å². The van der Waals surface area contributed by atoms with Gasteiger partial charge in [-0.1, -0.05) is 44.2 Å². The highest BCUT2D eigenvalue weighted by atomic mass is 16.7. The molecule has 12 heteroatoms. The molecule has 3 amide bonds. The first-order chi connectivity index (χ1) is 16.5. The number of ether oxygens (including phenoxy) is 1. The molecule has 0 aliphatic carbocycles. The Labute approximate surface area is 202 Å². The van der Waals surface area contributed by atoms with Crippen LogP contribution < -0.4 is 20.8 Å². The average Bonchev–Trinajstić information content (AvgIpc) is 3.14. The van der Waals surface area contributed by atoms with Gasteiger partial charge in [0, 0.05) is 18.6 Å². The van der Waals surface area contributed by atoms with Crippen LogP contribution in [0.1, 0.15) is 26.3 Å². The van der Waals surface area contributed by atoms with E-state index in [0.717, 1.165) is 17.7 Å². The van der Waals surface area contributed by atoms with Crippen LogP contribution in [0, 0.1) is 5.92 Å². The SMILES string of the molecule is COC(=O)NC(C(=O)NC(Cc1ccccc1)C(=O)NC(C)C(=O)On1c(O)ccc1O)C(C)C. The Hall–Kier alpha value is -4.22. The Morgan fingerprint density at radius 1 is 0.886 bits per heavy atom. The molecule has 1 heterocycles. The summed E-state index contributed by atoms with van der Waals surface area (Å²) in [5.74, 6) is -3.61. The van der Waals surface area contributed by atoms with Crippen molar-refractivity contribution in [2.24, 2.45) is 5.92 Å². The number of hydrogen-bond acceptors (Lipinski definition) is 8. The fraction of sp³-hybridized carbons (Fsp3) is 0.391. The van der Waals surface area contributed by atoms with Crippen LogP contribution >= 0.6 is 0 Å². The topological polar surface area (TPSA) is 168 Å². The minimum Gasteiger partial charge on any atom is -0.492 e. The van der Waals surface area contributed by atoms with Crippen molar-refractivity contribution in [3.05, 3.63) is 48.0 Å². The molecular weight excluding hydrogens is 460 g/mol. The van der Waals surface area contributed by atoms with Crippen LogP contribution in [-0.4, -0.2) is 64.1 Å². The standard InChI is InChI=1S/C23H30N4O8/c1-13(2)19(26-23(33)34-4)21(31)25-16(12-15-8-6-5-7-9-15)20(30)24-14(3)22(32)35-27-17(28)10-11-18(27)29/h5-11,13-14,16,19,28-29H,12H2,1-4H3,(H,24,30)(H,25,31)(H,26,33). The number of nitrogens with one attached hydrogen (secondary N) is 3. The Balaban J connectivity index is 2.16. The lowest BCUT2D eigenvalue weighted by Crippen LogP contribution is -2.57. The summed E-state index contributed by atoms with van der Waals surface area (Å²) < 4.78 is 5.07. The first-order valence-electron chi connectivity index (χ1n) is 10.8. The molecule has 1 aromatic carbocycles. The number of hydrogen-bond donors (Lipinski definition) is 5. The smallest absolute Gasteiger partial charge is 0.407 e. The van der Waals surface area contributed by atoms with Crippen LogP contribution in [0.3, 0.4) is 0 Å². The fourth-order valence-corrected chi connectivity index (χ4v) is 3.08. The maximum absolute atomic E-state index is 13.1. The Kier molecular flexibility index (Phi) is 9.50. The van der Waals surface area contributed by atoms with Gasteiger partial charge in [-0.25, -0.2) is 9.59 Å². The van der Waals surface area contributed by atoms with Gasteiger partial charge in [0.2, 0.25) is 23.6 Å².